The number of hydrogen-bond donors (Lipinski definition) is 1. The van der Waals surface area contributed by atoms with Gasteiger partial charge in [0.15, 0.2) is 5.78 Å². The number of carbonyl (C=O) groups excluding carboxylic acids is 1. The van der Waals surface area contributed by atoms with Crippen LogP contribution in [0, 0.1) is 5.41 Å². The molecular weight excluding hydrogens is 176 g/mol. The zero-order valence-electron chi connectivity index (χ0n) is 8.29. The molecule has 0 aromatic heterocycles. The number of aliphatic hydroxyl groups excluding tert-OH is 1. The third-order valence-electron chi connectivity index (χ3n) is 3.25. The van der Waals surface area contributed by atoms with E-state index in [1.54, 1.807) is 0 Å². The highest BCUT2D eigenvalue weighted by molar-refractivity contribution is 6.04. The first-order valence-corrected chi connectivity index (χ1v) is 4.97. The van der Waals surface area contributed by atoms with Crippen molar-refractivity contribution in [1.82, 2.24) is 0 Å². The molecule has 0 aliphatic heterocycles. The largest absolute Gasteiger partial charge is 0.395 e. The maximum atomic E-state index is 12.0. The molecule has 1 aliphatic carbocycles. The van der Waals surface area contributed by atoms with Gasteiger partial charge in [0.2, 0.25) is 0 Å². The van der Waals surface area contributed by atoms with Gasteiger partial charge in [-0.3, -0.25) is 4.79 Å². The average Bonchev–Trinajstić information content (AvgIpc) is 2.53. The van der Waals surface area contributed by atoms with Crippen molar-refractivity contribution in [3.8, 4) is 0 Å². The number of Topliss-reactive ketones (excluding diaryl/α,β-unsaturated/α-hetero) is 1. The molecule has 14 heavy (non-hydrogen) atoms. The Bertz CT molecular complexity index is 364. The van der Waals surface area contributed by atoms with E-state index >= 15 is 0 Å². The predicted molar refractivity (Wildman–Crippen MR) is 54.3 cm³/mol. The van der Waals surface area contributed by atoms with Crippen LogP contribution in [-0.4, -0.2) is 17.5 Å². The SMILES string of the molecule is CC[C@@]1(CO)Cc2ccccc2C1=O. The highest BCUT2D eigenvalue weighted by atomic mass is 16.3. The van der Waals surface area contributed by atoms with E-state index in [4.69, 9.17) is 0 Å². The molecule has 74 valence electrons. The smallest absolute Gasteiger partial charge is 0.171 e. The quantitative estimate of drug-likeness (QED) is 0.772. The minimum absolute atomic E-state index is 0.0446. The molecule has 0 heterocycles. The van der Waals surface area contributed by atoms with Gasteiger partial charge in [-0.2, -0.15) is 0 Å². The Morgan fingerprint density at radius 1 is 1.43 bits per heavy atom. The maximum absolute atomic E-state index is 12.0. The first kappa shape index (κ1) is 9.41. The number of benzene rings is 1. The standard InChI is InChI=1S/C12H14O2/c1-2-12(8-13)7-9-5-3-4-6-10(9)11(12)14/h3-6,13H,2,7-8H2,1H3/t12-/m0/s1. The van der Waals surface area contributed by atoms with Crippen LogP contribution in [0.15, 0.2) is 24.3 Å². The van der Waals surface area contributed by atoms with E-state index in [2.05, 4.69) is 0 Å². The van der Waals surface area contributed by atoms with E-state index in [1.165, 1.54) is 0 Å². The Hall–Kier alpha value is -1.15. The zero-order chi connectivity index (χ0) is 10.2. The molecule has 1 aliphatic rings. The van der Waals surface area contributed by atoms with E-state index in [1.807, 2.05) is 31.2 Å². The summed E-state index contributed by atoms with van der Waals surface area (Å²) in [6.45, 7) is 1.91. The molecule has 1 aromatic carbocycles. The van der Waals surface area contributed by atoms with Crippen LogP contribution in [0.25, 0.3) is 0 Å². The molecular formula is C12H14O2. The van der Waals surface area contributed by atoms with E-state index in [0.717, 1.165) is 11.1 Å². The van der Waals surface area contributed by atoms with E-state index in [0.29, 0.717) is 12.8 Å². The third-order valence-corrected chi connectivity index (χ3v) is 3.25. The van der Waals surface area contributed by atoms with Crippen LogP contribution in [0.3, 0.4) is 0 Å². The molecule has 2 heteroatoms. The van der Waals surface area contributed by atoms with Crippen molar-refractivity contribution < 1.29 is 9.90 Å². The molecule has 1 atom stereocenters. The first-order chi connectivity index (χ1) is 6.73. The summed E-state index contributed by atoms with van der Waals surface area (Å²) in [5.41, 5.74) is 1.33. The minimum atomic E-state index is -0.538. The van der Waals surface area contributed by atoms with Gasteiger partial charge in [0.25, 0.3) is 0 Å². The number of hydrogen-bond acceptors (Lipinski definition) is 2. The van der Waals surface area contributed by atoms with Crippen molar-refractivity contribution in [3.63, 3.8) is 0 Å². The topological polar surface area (TPSA) is 37.3 Å². The van der Waals surface area contributed by atoms with Gasteiger partial charge < -0.3 is 5.11 Å². The fourth-order valence-electron chi connectivity index (χ4n) is 2.15. The van der Waals surface area contributed by atoms with Gasteiger partial charge in [0.1, 0.15) is 0 Å². The second kappa shape index (κ2) is 3.21. The van der Waals surface area contributed by atoms with Gasteiger partial charge in [-0.1, -0.05) is 31.2 Å². The lowest BCUT2D eigenvalue weighted by Gasteiger charge is -2.22. The number of carbonyl (C=O) groups is 1. The maximum Gasteiger partial charge on any atom is 0.171 e. The van der Waals surface area contributed by atoms with Crippen molar-refractivity contribution in [2.75, 3.05) is 6.61 Å². The molecule has 1 aromatic rings. The molecule has 1 N–H and O–H groups in total. The minimum Gasteiger partial charge on any atom is -0.395 e. The summed E-state index contributed by atoms with van der Waals surface area (Å²) >= 11 is 0. The highest BCUT2D eigenvalue weighted by Gasteiger charge is 2.43. The van der Waals surface area contributed by atoms with Crippen LogP contribution in [0.4, 0.5) is 0 Å². The Morgan fingerprint density at radius 3 is 2.71 bits per heavy atom. The Kier molecular flexibility index (Phi) is 2.16. The summed E-state index contributed by atoms with van der Waals surface area (Å²) in [6, 6.07) is 7.64. The van der Waals surface area contributed by atoms with Crippen LogP contribution in [-0.2, 0) is 6.42 Å². The van der Waals surface area contributed by atoms with Crippen LogP contribution in [0.2, 0.25) is 0 Å². The summed E-state index contributed by atoms with van der Waals surface area (Å²) in [7, 11) is 0. The lowest BCUT2D eigenvalue weighted by atomic mass is 9.82. The van der Waals surface area contributed by atoms with Crippen LogP contribution in [0.1, 0.15) is 29.3 Å². The molecule has 0 saturated heterocycles. The monoisotopic (exact) mass is 190 g/mol. The fraction of sp³-hybridized carbons (Fsp3) is 0.417. The highest BCUT2D eigenvalue weighted by Crippen LogP contribution is 2.38. The van der Waals surface area contributed by atoms with Gasteiger partial charge >= 0.3 is 0 Å². The number of fused-ring (bicyclic) bond motifs is 1. The summed E-state index contributed by atoms with van der Waals surface area (Å²) in [5, 5.41) is 9.34. The predicted octanol–water partition coefficient (Wildman–Crippen LogP) is 1.81. The zero-order valence-corrected chi connectivity index (χ0v) is 8.29. The van der Waals surface area contributed by atoms with Crippen LogP contribution < -0.4 is 0 Å². The molecule has 2 nitrogen and oxygen atoms in total. The molecule has 2 rings (SSSR count). The van der Waals surface area contributed by atoms with Crippen molar-refractivity contribution in [2.24, 2.45) is 5.41 Å². The third kappa shape index (κ3) is 1.11. The average molecular weight is 190 g/mol. The van der Waals surface area contributed by atoms with Crippen molar-refractivity contribution in [3.05, 3.63) is 35.4 Å². The fourth-order valence-corrected chi connectivity index (χ4v) is 2.15. The van der Waals surface area contributed by atoms with Gasteiger partial charge in [0, 0.05) is 5.56 Å². The number of aliphatic hydroxyl groups is 1. The first-order valence-electron chi connectivity index (χ1n) is 4.97. The number of ketones is 1. The molecule has 0 fully saturated rings. The molecule has 0 radical (unpaired) electrons. The Labute approximate surface area is 83.6 Å². The van der Waals surface area contributed by atoms with E-state index in [-0.39, 0.29) is 12.4 Å². The van der Waals surface area contributed by atoms with Crippen LogP contribution >= 0.6 is 0 Å². The van der Waals surface area contributed by atoms with Crippen LogP contribution in [0.5, 0.6) is 0 Å². The molecule has 0 amide bonds. The second-order valence-corrected chi connectivity index (χ2v) is 3.96. The Morgan fingerprint density at radius 2 is 2.14 bits per heavy atom. The second-order valence-electron chi connectivity index (χ2n) is 3.96. The normalized spacial score (nSPS) is 25.1. The van der Waals surface area contributed by atoms with Crippen molar-refractivity contribution >= 4 is 5.78 Å². The lowest BCUT2D eigenvalue weighted by Crippen LogP contribution is -2.31. The van der Waals surface area contributed by atoms with Gasteiger partial charge in [-0.15, -0.1) is 0 Å². The lowest BCUT2D eigenvalue weighted by molar-refractivity contribution is 0.0667. The number of rotatable bonds is 2. The molecule has 0 saturated carbocycles. The van der Waals surface area contributed by atoms with E-state index < -0.39 is 5.41 Å². The molecule has 0 bridgehead atoms. The summed E-state index contributed by atoms with van der Waals surface area (Å²) in [5.74, 6) is 0.109. The van der Waals surface area contributed by atoms with Crippen molar-refractivity contribution in [1.29, 1.82) is 0 Å². The van der Waals surface area contributed by atoms with E-state index in [9.17, 15) is 9.90 Å². The summed E-state index contributed by atoms with van der Waals surface area (Å²) < 4.78 is 0. The molecule has 0 unspecified atom stereocenters. The summed E-state index contributed by atoms with van der Waals surface area (Å²) in [4.78, 5) is 12.0. The van der Waals surface area contributed by atoms with Crippen molar-refractivity contribution in [2.45, 2.75) is 19.8 Å². The van der Waals surface area contributed by atoms with Gasteiger partial charge in [0.05, 0.1) is 12.0 Å². The van der Waals surface area contributed by atoms with Gasteiger partial charge in [-0.05, 0) is 18.4 Å². The Balaban J connectivity index is 2.47. The van der Waals surface area contributed by atoms with Gasteiger partial charge in [-0.25, -0.2) is 0 Å². The summed E-state index contributed by atoms with van der Waals surface area (Å²) in [6.07, 6.45) is 1.39. The molecule has 0 spiro atoms.